The smallest absolute Gasteiger partial charge is 0.350 e. The molecule has 2 rings (SSSR count). The van der Waals surface area contributed by atoms with E-state index < -0.39 is 0 Å². The lowest BCUT2D eigenvalue weighted by Crippen LogP contribution is -2.11. The number of hydrogen-bond donors (Lipinski definition) is 1. The zero-order valence-electron chi connectivity index (χ0n) is 13.0. The predicted molar refractivity (Wildman–Crippen MR) is 88.0 cm³/mol. The third kappa shape index (κ3) is 4.46. The van der Waals surface area contributed by atoms with E-state index in [4.69, 9.17) is 9.47 Å². The quantitative estimate of drug-likeness (QED) is 0.625. The van der Waals surface area contributed by atoms with Crippen molar-refractivity contribution >= 4 is 22.4 Å². The summed E-state index contributed by atoms with van der Waals surface area (Å²) in [6.45, 7) is 7.12. The Morgan fingerprint density at radius 3 is 2.91 bits per heavy atom. The second kappa shape index (κ2) is 7.79. The number of ether oxygens (including phenoxy) is 2. The lowest BCUT2D eigenvalue weighted by Gasteiger charge is -2.07. The van der Waals surface area contributed by atoms with Crippen LogP contribution in [0, 0.1) is 13.8 Å². The summed E-state index contributed by atoms with van der Waals surface area (Å²) in [4.78, 5) is 16.6. The molecule has 0 saturated heterocycles. The number of carbonyl (C=O) groups excluding carboxylic acids is 1. The molecule has 0 aliphatic heterocycles. The fourth-order valence-corrected chi connectivity index (χ4v) is 2.78. The summed E-state index contributed by atoms with van der Waals surface area (Å²) in [6.07, 6.45) is 0. The lowest BCUT2D eigenvalue weighted by molar-refractivity contribution is 0.0531. The van der Waals surface area contributed by atoms with Crippen LogP contribution in [-0.2, 0) is 4.74 Å². The second-order valence-electron chi connectivity index (χ2n) is 4.75. The van der Waals surface area contributed by atoms with Crippen LogP contribution in [0.2, 0.25) is 0 Å². The van der Waals surface area contributed by atoms with Gasteiger partial charge in [-0.05, 0) is 38.5 Å². The van der Waals surface area contributed by atoms with E-state index in [9.17, 15) is 4.79 Å². The predicted octanol–water partition coefficient (Wildman–Crippen LogP) is 3.43. The molecular formula is C16H20N2O3S. The third-order valence-electron chi connectivity index (χ3n) is 2.89. The first-order chi connectivity index (χ1) is 10.6. The molecule has 1 heterocycles. The topological polar surface area (TPSA) is 60.5 Å². The molecule has 5 nitrogen and oxygen atoms in total. The molecule has 0 fully saturated rings. The Hall–Kier alpha value is -2.08. The van der Waals surface area contributed by atoms with E-state index >= 15 is 0 Å². The molecule has 0 spiro atoms. The van der Waals surface area contributed by atoms with Gasteiger partial charge >= 0.3 is 5.97 Å². The maximum absolute atomic E-state index is 11.7. The van der Waals surface area contributed by atoms with Crippen molar-refractivity contribution in [3.05, 3.63) is 40.4 Å². The Balaban J connectivity index is 1.82. The SMILES string of the molecule is CCOC(=O)c1sc(NCCOc2cccc(C)c2)nc1C. The van der Waals surface area contributed by atoms with E-state index in [2.05, 4.69) is 10.3 Å². The van der Waals surface area contributed by atoms with E-state index in [1.165, 1.54) is 16.9 Å². The van der Waals surface area contributed by atoms with Crippen LogP contribution in [0.15, 0.2) is 24.3 Å². The van der Waals surface area contributed by atoms with Gasteiger partial charge in [0.15, 0.2) is 5.13 Å². The summed E-state index contributed by atoms with van der Waals surface area (Å²) in [6, 6.07) is 7.92. The zero-order valence-corrected chi connectivity index (χ0v) is 13.8. The summed E-state index contributed by atoms with van der Waals surface area (Å²) in [7, 11) is 0. The fraction of sp³-hybridized carbons (Fsp3) is 0.375. The minimum Gasteiger partial charge on any atom is -0.492 e. The Bertz CT molecular complexity index is 640. The first-order valence-corrected chi connectivity index (χ1v) is 7.99. The van der Waals surface area contributed by atoms with Gasteiger partial charge in [-0.3, -0.25) is 0 Å². The van der Waals surface area contributed by atoms with E-state index in [0.29, 0.717) is 35.5 Å². The number of aryl methyl sites for hydroxylation is 2. The molecular weight excluding hydrogens is 300 g/mol. The van der Waals surface area contributed by atoms with Crippen molar-refractivity contribution in [2.75, 3.05) is 25.1 Å². The van der Waals surface area contributed by atoms with Crippen LogP contribution in [-0.4, -0.2) is 30.7 Å². The van der Waals surface area contributed by atoms with E-state index in [-0.39, 0.29) is 5.97 Å². The van der Waals surface area contributed by atoms with Crippen LogP contribution in [0.1, 0.15) is 27.9 Å². The van der Waals surface area contributed by atoms with Crippen molar-refractivity contribution in [3.8, 4) is 5.75 Å². The molecule has 0 amide bonds. The minimum atomic E-state index is -0.318. The van der Waals surface area contributed by atoms with E-state index in [1.807, 2.05) is 31.2 Å². The molecule has 1 aromatic heterocycles. The molecule has 1 N–H and O–H groups in total. The largest absolute Gasteiger partial charge is 0.492 e. The van der Waals surface area contributed by atoms with Gasteiger partial charge in [-0.25, -0.2) is 9.78 Å². The minimum absolute atomic E-state index is 0.318. The van der Waals surface area contributed by atoms with Crippen LogP contribution in [0.25, 0.3) is 0 Å². The molecule has 0 unspecified atom stereocenters. The Morgan fingerprint density at radius 1 is 1.36 bits per heavy atom. The number of esters is 1. The highest BCUT2D eigenvalue weighted by atomic mass is 32.1. The van der Waals surface area contributed by atoms with E-state index in [0.717, 1.165) is 5.75 Å². The maximum atomic E-state index is 11.7. The average molecular weight is 320 g/mol. The van der Waals surface area contributed by atoms with Gasteiger partial charge in [-0.15, -0.1) is 0 Å². The Morgan fingerprint density at radius 2 is 2.18 bits per heavy atom. The molecule has 22 heavy (non-hydrogen) atoms. The molecule has 0 bridgehead atoms. The summed E-state index contributed by atoms with van der Waals surface area (Å²) in [5.41, 5.74) is 1.85. The van der Waals surface area contributed by atoms with Crippen molar-refractivity contribution in [2.45, 2.75) is 20.8 Å². The summed E-state index contributed by atoms with van der Waals surface area (Å²) < 4.78 is 10.7. The van der Waals surface area contributed by atoms with Gasteiger partial charge in [-0.2, -0.15) is 0 Å². The summed E-state index contributed by atoms with van der Waals surface area (Å²) >= 11 is 1.30. The number of anilines is 1. The number of benzene rings is 1. The summed E-state index contributed by atoms with van der Waals surface area (Å²) in [5, 5.41) is 3.86. The second-order valence-corrected chi connectivity index (χ2v) is 5.74. The molecule has 2 aromatic rings. The van der Waals surface area contributed by atoms with Crippen LogP contribution >= 0.6 is 11.3 Å². The van der Waals surface area contributed by atoms with Gasteiger partial charge in [0, 0.05) is 0 Å². The van der Waals surface area contributed by atoms with Gasteiger partial charge in [-0.1, -0.05) is 23.5 Å². The molecule has 0 saturated carbocycles. The van der Waals surface area contributed by atoms with Gasteiger partial charge in [0.05, 0.1) is 18.8 Å². The van der Waals surface area contributed by atoms with Gasteiger partial charge in [0.2, 0.25) is 0 Å². The Kier molecular flexibility index (Phi) is 5.77. The van der Waals surface area contributed by atoms with Crippen molar-refractivity contribution in [3.63, 3.8) is 0 Å². The van der Waals surface area contributed by atoms with E-state index in [1.54, 1.807) is 13.8 Å². The Labute approximate surface area is 134 Å². The number of nitrogens with one attached hydrogen (secondary N) is 1. The van der Waals surface area contributed by atoms with Crippen LogP contribution in [0.5, 0.6) is 5.75 Å². The molecule has 0 aliphatic rings. The van der Waals surface area contributed by atoms with Crippen molar-refractivity contribution < 1.29 is 14.3 Å². The number of carbonyl (C=O) groups is 1. The van der Waals surface area contributed by atoms with Gasteiger partial charge < -0.3 is 14.8 Å². The van der Waals surface area contributed by atoms with Crippen molar-refractivity contribution in [1.29, 1.82) is 0 Å². The van der Waals surface area contributed by atoms with Crippen LogP contribution in [0.4, 0.5) is 5.13 Å². The molecule has 0 radical (unpaired) electrons. The standard InChI is InChI=1S/C16H20N2O3S/c1-4-20-15(19)14-12(3)18-16(22-14)17-8-9-21-13-7-5-6-11(2)10-13/h5-7,10H,4,8-9H2,1-3H3,(H,17,18). The molecule has 0 atom stereocenters. The number of aromatic nitrogens is 1. The first kappa shape index (κ1) is 16.3. The van der Waals surface area contributed by atoms with Crippen molar-refractivity contribution in [1.82, 2.24) is 4.98 Å². The summed E-state index contributed by atoms with van der Waals surface area (Å²) in [5.74, 6) is 0.533. The van der Waals surface area contributed by atoms with Gasteiger partial charge in [0.25, 0.3) is 0 Å². The normalized spacial score (nSPS) is 10.3. The average Bonchev–Trinajstić information content (AvgIpc) is 2.85. The highest BCUT2D eigenvalue weighted by molar-refractivity contribution is 7.17. The van der Waals surface area contributed by atoms with Crippen LogP contribution in [0.3, 0.4) is 0 Å². The molecule has 0 aliphatic carbocycles. The highest BCUT2D eigenvalue weighted by Crippen LogP contribution is 2.23. The fourth-order valence-electron chi connectivity index (χ4n) is 1.89. The monoisotopic (exact) mass is 320 g/mol. The molecule has 6 heteroatoms. The number of thiazole rings is 1. The maximum Gasteiger partial charge on any atom is 0.350 e. The zero-order chi connectivity index (χ0) is 15.9. The van der Waals surface area contributed by atoms with Crippen molar-refractivity contribution in [2.24, 2.45) is 0 Å². The number of nitrogens with zero attached hydrogens (tertiary/aromatic N) is 1. The van der Waals surface area contributed by atoms with Gasteiger partial charge in [0.1, 0.15) is 17.2 Å². The lowest BCUT2D eigenvalue weighted by atomic mass is 10.2. The highest BCUT2D eigenvalue weighted by Gasteiger charge is 2.15. The molecule has 118 valence electrons. The third-order valence-corrected chi connectivity index (χ3v) is 3.99. The number of hydrogen-bond acceptors (Lipinski definition) is 6. The molecule has 1 aromatic carbocycles. The van der Waals surface area contributed by atoms with Crippen LogP contribution < -0.4 is 10.1 Å². The first-order valence-electron chi connectivity index (χ1n) is 7.18. The number of rotatable bonds is 7.